The number of hydrogen-bond donors (Lipinski definition) is 1. The Balaban J connectivity index is 3.10. The Morgan fingerprint density at radius 3 is 2.40 bits per heavy atom. The van der Waals surface area contributed by atoms with E-state index < -0.39 is 0 Å². The lowest BCUT2D eigenvalue weighted by molar-refractivity contribution is -0.139. The van der Waals surface area contributed by atoms with Gasteiger partial charge in [-0.15, -0.1) is 13.2 Å². The SMILES string of the molecule is C=CCN(CC=C)[C@@H]1CC(C(=O)OCC)=C[C@@H](OC(CC)CC)[C@@H]1N. The van der Waals surface area contributed by atoms with Crippen molar-refractivity contribution < 1.29 is 14.3 Å². The topological polar surface area (TPSA) is 64.8 Å². The molecule has 0 saturated heterocycles. The van der Waals surface area contributed by atoms with Crippen LogP contribution in [0.3, 0.4) is 0 Å². The average Bonchev–Trinajstić information content (AvgIpc) is 2.61. The van der Waals surface area contributed by atoms with Crippen LogP contribution in [0.15, 0.2) is 37.0 Å². The zero-order valence-corrected chi connectivity index (χ0v) is 15.9. The van der Waals surface area contributed by atoms with Crippen molar-refractivity contribution in [2.24, 2.45) is 5.73 Å². The van der Waals surface area contributed by atoms with Crippen LogP contribution >= 0.6 is 0 Å². The molecule has 0 aromatic heterocycles. The van der Waals surface area contributed by atoms with Gasteiger partial charge in [-0.2, -0.15) is 0 Å². The monoisotopic (exact) mass is 350 g/mol. The molecule has 0 unspecified atom stereocenters. The zero-order valence-electron chi connectivity index (χ0n) is 15.9. The van der Waals surface area contributed by atoms with E-state index in [9.17, 15) is 4.79 Å². The Morgan fingerprint density at radius 2 is 1.92 bits per heavy atom. The smallest absolute Gasteiger partial charge is 0.333 e. The lowest BCUT2D eigenvalue weighted by Gasteiger charge is -2.41. The van der Waals surface area contributed by atoms with E-state index in [1.54, 1.807) is 0 Å². The number of esters is 1. The second-order valence-corrected chi connectivity index (χ2v) is 6.33. The Bertz CT molecular complexity index is 462. The van der Waals surface area contributed by atoms with E-state index in [4.69, 9.17) is 15.2 Å². The summed E-state index contributed by atoms with van der Waals surface area (Å²) in [6, 6.07) is -0.251. The Labute approximate surface area is 152 Å². The zero-order chi connectivity index (χ0) is 18.8. The first-order valence-electron chi connectivity index (χ1n) is 9.26. The summed E-state index contributed by atoms with van der Waals surface area (Å²) in [7, 11) is 0. The summed E-state index contributed by atoms with van der Waals surface area (Å²) in [6.07, 6.45) is 7.74. The third kappa shape index (κ3) is 6.10. The van der Waals surface area contributed by atoms with Crippen LogP contribution in [0.1, 0.15) is 40.0 Å². The van der Waals surface area contributed by atoms with Gasteiger partial charge in [-0.3, -0.25) is 4.90 Å². The third-order valence-electron chi connectivity index (χ3n) is 4.61. The van der Waals surface area contributed by atoms with E-state index >= 15 is 0 Å². The standard InChI is InChI=1S/C20H34N2O3/c1-6-11-22(12-7-2)17-13-15(20(23)24-10-5)14-18(19(17)21)25-16(8-3)9-4/h6-7,14,16-19H,1-2,8-13,21H2,3-5H3/t17-,18-,19-/m1/s1. The van der Waals surface area contributed by atoms with E-state index in [0.717, 1.165) is 12.8 Å². The minimum Gasteiger partial charge on any atom is -0.463 e. The van der Waals surface area contributed by atoms with Gasteiger partial charge in [0.2, 0.25) is 0 Å². The highest BCUT2D eigenvalue weighted by Gasteiger charge is 2.37. The number of rotatable bonds is 11. The fourth-order valence-corrected chi connectivity index (χ4v) is 3.22. The van der Waals surface area contributed by atoms with Gasteiger partial charge in [-0.05, 0) is 32.3 Å². The molecule has 142 valence electrons. The van der Waals surface area contributed by atoms with E-state index in [1.165, 1.54) is 0 Å². The second-order valence-electron chi connectivity index (χ2n) is 6.33. The van der Waals surface area contributed by atoms with Crippen LogP contribution in [0, 0.1) is 0 Å². The summed E-state index contributed by atoms with van der Waals surface area (Å²) >= 11 is 0. The number of carbonyl (C=O) groups is 1. The van der Waals surface area contributed by atoms with Gasteiger partial charge in [0.15, 0.2) is 0 Å². The van der Waals surface area contributed by atoms with Gasteiger partial charge in [-0.1, -0.05) is 26.0 Å². The van der Waals surface area contributed by atoms with Crippen molar-refractivity contribution in [3.8, 4) is 0 Å². The van der Waals surface area contributed by atoms with Gasteiger partial charge in [0.25, 0.3) is 0 Å². The molecular weight excluding hydrogens is 316 g/mol. The molecule has 25 heavy (non-hydrogen) atoms. The van der Waals surface area contributed by atoms with Crippen LogP contribution in [-0.2, 0) is 14.3 Å². The molecule has 1 rings (SSSR count). The van der Waals surface area contributed by atoms with Crippen LogP contribution in [0.4, 0.5) is 0 Å². The first-order valence-corrected chi connectivity index (χ1v) is 9.26. The predicted molar refractivity (Wildman–Crippen MR) is 102 cm³/mol. The van der Waals surface area contributed by atoms with Gasteiger partial charge in [-0.25, -0.2) is 4.79 Å². The first-order chi connectivity index (χ1) is 12.0. The fourth-order valence-electron chi connectivity index (χ4n) is 3.22. The molecule has 0 aromatic carbocycles. The van der Waals surface area contributed by atoms with Crippen molar-refractivity contribution in [3.05, 3.63) is 37.0 Å². The molecule has 1 aliphatic rings. The molecule has 2 N–H and O–H groups in total. The molecule has 0 heterocycles. The first kappa shape index (κ1) is 21.6. The molecule has 5 nitrogen and oxygen atoms in total. The molecule has 3 atom stereocenters. The summed E-state index contributed by atoms with van der Waals surface area (Å²) in [5, 5.41) is 0. The second kappa shape index (κ2) is 11.2. The molecule has 0 aromatic rings. The number of nitrogens with two attached hydrogens (primary N) is 1. The van der Waals surface area contributed by atoms with Crippen molar-refractivity contribution in [1.82, 2.24) is 4.90 Å². The number of carbonyl (C=O) groups excluding carboxylic acids is 1. The van der Waals surface area contributed by atoms with Crippen LogP contribution in [0.25, 0.3) is 0 Å². The number of ether oxygens (including phenoxy) is 2. The molecule has 0 spiro atoms. The molecule has 0 aliphatic heterocycles. The van der Waals surface area contributed by atoms with Gasteiger partial charge in [0, 0.05) is 24.7 Å². The maximum absolute atomic E-state index is 12.3. The average molecular weight is 351 g/mol. The van der Waals surface area contributed by atoms with Gasteiger partial charge in [0.1, 0.15) is 0 Å². The van der Waals surface area contributed by atoms with Crippen molar-refractivity contribution in [1.29, 1.82) is 0 Å². The predicted octanol–water partition coefficient (Wildman–Crippen LogP) is 2.82. The van der Waals surface area contributed by atoms with Gasteiger partial charge < -0.3 is 15.2 Å². The normalized spacial score (nSPS) is 23.4. The van der Waals surface area contributed by atoms with Gasteiger partial charge >= 0.3 is 5.97 Å². The summed E-state index contributed by atoms with van der Waals surface area (Å²) < 4.78 is 11.4. The minimum atomic E-state index is -0.305. The summed E-state index contributed by atoms with van der Waals surface area (Å²) in [5.41, 5.74) is 7.19. The van der Waals surface area contributed by atoms with Crippen molar-refractivity contribution in [2.75, 3.05) is 19.7 Å². The molecule has 0 amide bonds. The molecular formula is C20H34N2O3. The lowest BCUT2D eigenvalue weighted by atomic mass is 9.87. The maximum atomic E-state index is 12.3. The molecule has 5 heteroatoms. The van der Waals surface area contributed by atoms with Crippen LogP contribution in [0.5, 0.6) is 0 Å². The summed E-state index contributed by atoms with van der Waals surface area (Å²) in [4.78, 5) is 14.5. The number of hydrogen-bond acceptors (Lipinski definition) is 5. The van der Waals surface area contributed by atoms with Crippen molar-refractivity contribution >= 4 is 5.97 Å². The Morgan fingerprint density at radius 1 is 1.32 bits per heavy atom. The van der Waals surface area contributed by atoms with E-state index in [-0.39, 0.29) is 30.3 Å². The van der Waals surface area contributed by atoms with E-state index in [0.29, 0.717) is 31.7 Å². The highest BCUT2D eigenvalue weighted by Crippen LogP contribution is 2.27. The van der Waals surface area contributed by atoms with Crippen molar-refractivity contribution in [3.63, 3.8) is 0 Å². The summed E-state index contributed by atoms with van der Waals surface area (Å²) in [5.74, 6) is -0.283. The Kier molecular flexibility index (Phi) is 9.71. The van der Waals surface area contributed by atoms with Crippen LogP contribution < -0.4 is 5.73 Å². The minimum absolute atomic E-state index is 0.0280. The highest BCUT2D eigenvalue weighted by molar-refractivity contribution is 5.89. The fraction of sp³-hybridized carbons (Fsp3) is 0.650. The maximum Gasteiger partial charge on any atom is 0.333 e. The number of nitrogens with zero attached hydrogens (tertiary/aromatic N) is 1. The summed E-state index contributed by atoms with van der Waals surface area (Å²) in [6.45, 7) is 15.4. The van der Waals surface area contributed by atoms with Crippen LogP contribution in [0.2, 0.25) is 0 Å². The highest BCUT2D eigenvalue weighted by atomic mass is 16.5. The molecule has 0 saturated carbocycles. The quantitative estimate of drug-likeness (QED) is 0.458. The largest absolute Gasteiger partial charge is 0.463 e. The van der Waals surface area contributed by atoms with Crippen molar-refractivity contribution in [2.45, 2.75) is 64.3 Å². The lowest BCUT2D eigenvalue weighted by Crippen LogP contribution is -2.56. The van der Waals surface area contributed by atoms with Crippen LogP contribution in [-0.4, -0.2) is 54.9 Å². The third-order valence-corrected chi connectivity index (χ3v) is 4.61. The Hall–Kier alpha value is -1.43. The van der Waals surface area contributed by atoms with E-state index in [2.05, 4.69) is 31.9 Å². The van der Waals surface area contributed by atoms with Gasteiger partial charge in [0.05, 0.1) is 24.9 Å². The van der Waals surface area contributed by atoms with E-state index in [1.807, 2.05) is 25.2 Å². The molecule has 1 aliphatic carbocycles. The molecule has 0 radical (unpaired) electrons. The molecule has 0 fully saturated rings. The molecule has 0 bridgehead atoms.